The van der Waals surface area contributed by atoms with Crippen molar-refractivity contribution >= 4 is 11.8 Å². The maximum Gasteiger partial charge on any atom is 0.372 e. The van der Waals surface area contributed by atoms with Crippen LogP contribution in [0.15, 0.2) is 12.7 Å². The molecule has 0 aliphatic heterocycles. The highest BCUT2D eigenvalue weighted by Gasteiger charge is 2.27. The molecule has 0 bridgehead atoms. The first kappa shape index (κ1) is 11.9. The molecule has 0 heterocycles. The van der Waals surface area contributed by atoms with Gasteiger partial charge in [0.15, 0.2) is 0 Å². The number of Topliss-reactive ketones (excluding diaryl/α,β-unsaturated/α-hetero) is 1. The maximum atomic E-state index is 11.2. The lowest BCUT2D eigenvalue weighted by Crippen LogP contribution is -2.27. The molecule has 2 atom stereocenters. The van der Waals surface area contributed by atoms with Crippen molar-refractivity contribution in [3.63, 3.8) is 0 Å². The van der Waals surface area contributed by atoms with Gasteiger partial charge in [0.1, 0.15) is 0 Å². The summed E-state index contributed by atoms with van der Waals surface area (Å²) in [5.41, 5.74) is 0. The number of carbonyl (C=O) groups is 2. The molecule has 0 fully saturated rings. The van der Waals surface area contributed by atoms with Gasteiger partial charge in [-0.25, -0.2) is 4.79 Å². The van der Waals surface area contributed by atoms with Crippen LogP contribution in [-0.2, 0) is 9.59 Å². The van der Waals surface area contributed by atoms with Crippen molar-refractivity contribution in [1.29, 1.82) is 0 Å². The van der Waals surface area contributed by atoms with Gasteiger partial charge in [-0.2, -0.15) is 0 Å². The highest BCUT2D eigenvalue weighted by molar-refractivity contribution is 6.33. The molecule has 0 amide bonds. The lowest BCUT2D eigenvalue weighted by atomic mass is 9.85. The van der Waals surface area contributed by atoms with Crippen LogP contribution in [0.2, 0.25) is 0 Å². The van der Waals surface area contributed by atoms with Crippen molar-refractivity contribution in [3.8, 4) is 0 Å². The molecule has 13 heavy (non-hydrogen) atoms. The molecule has 0 saturated heterocycles. The third kappa shape index (κ3) is 3.40. The Morgan fingerprint density at radius 3 is 2.38 bits per heavy atom. The second-order valence-electron chi connectivity index (χ2n) is 3.19. The summed E-state index contributed by atoms with van der Waals surface area (Å²) in [6.45, 7) is 7.34. The van der Waals surface area contributed by atoms with Gasteiger partial charge in [-0.1, -0.05) is 26.3 Å². The van der Waals surface area contributed by atoms with Crippen molar-refractivity contribution in [3.05, 3.63) is 12.7 Å². The minimum atomic E-state index is -1.34. The molecule has 0 aromatic rings. The molecule has 0 aromatic carbocycles. The number of aliphatic carboxylic acids is 1. The summed E-state index contributed by atoms with van der Waals surface area (Å²) in [5.74, 6) is -2.36. The van der Waals surface area contributed by atoms with Gasteiger partial charge in [0, 0.05) is 5.92 Å². The van der Waals surface area contributed by atoms with E-state index in [0.717, 1.165) is 6.42 Å². The fourth-order valence-electron chi connectivity index (χ4n) is 1.22. The van der Waals surface area contributed by atoms with E-state index in [9.17, 15) is 9.59 Å². The average Bonchev–Trinajstić information content (AvgIpc) is 2.11. The van der Waals surface area contributed by atoms with E-state index in [4.69, 9.17) is 5.11 Å². The minimum Gasteiger partial charge on any atom is -0.475 e. The van der Waals surface area contributed by atoms with Crippen LogP contribution in [0.4, 0.5) is 0 Å². The molecule has 0 aromatic heterocycles. The van der Waals surface area contributed by atoms with Crippen molar-refractivity contribution in [2.45, 2.75) is 26.7 Å². The molecule has 74 valence electrons. The van der Waals surface area contributed by atoms with Gasteiger partial charge in [-0.3, -0.25) is 4.79 Å². The van der Waals surface area contributed by atoms with Crippen LogP contribution in [0.25, 0.3) is 0 Å². The van der Waals surface area contributed by atoms with E-state index in [1.807, 2.05) is 13.8 Å². The lowest BCUT2D eigenvalue weighted by Gasteiger charge is -2.17. The maximum absolute atomic E-state index is 11.2. The highest BCUT2D eigenvalue weighted by atomic mass is 16.4. The molecule has 1 N–H and O–H groups in total. The first-order chi connectivity index (χ1) is 6.04. The van der Waals surface area contributed by atoms with E-state index < -0.39 is 17.7 Å². The third-order valence-corrected chi connectivity index (χ3v) is 2.30. The fraction of sp³-hybridized carbons (Fsp3) is 0.600. The number of hydrogen-bond acceptors (Lipinski definition) is 2. The molecule has 0 saturated carbocycles. The number of carbonyl (C=O) groups excluding carboxylic acids is 1. The molecular formula is C10H16O3. The molecule has 0 spiro atoms. The standard InChI is InChI=1S/C10H16O3/c1-4-6-8(7(3)5-2)9(11)10(12)13/h4,7-8H,1,5-6H2,2-3H3,(H,12,13). The van der Waals surface area contributed by atoms with Crippen molar-refractivity contribution in [2.75, 3.05) is 0 Å². The van der Waals surface area contributed by atoms with Gasteiger partial charge >= 0.3 is 5.97 Å². The fourth-order valence-corrected chi connectivity index (χ4v) is 1.22. The number of carboxylic acid groups (broad SMARTS) is 1. The van der Waals surface area contributed by atoms with Gasteiger partial charge in [-0.15, -0.1) is 6.58 Å². The predicted molar refractivity (Wildman–Crippen MR) is 50.4 cm³/mol. The van der Waals surface area contributed by atoms with Crippen molar-refractivity contribution < 1.29 is 14.7 Å². The van der Waals surface area contributed by atoms with Crippen LogP contribution in [0.1, 0.15) is 26.7 Å². The Morgan fingerprint density at radius 2 is 2.08 bits per heavy atom. The van der Waals surface area contributed by atoms with Gasteiger partial charge in [-0.05, 0) is 12.3 Å². The Morgan fingerprint density at radius 1 is 1.54 bits per heavy atom. The Bertz CT molecular complexity index is 208. The first-order valence-electron chi connectivity index (χ1n) is 4.42. The Balaban J connectivity index is 4.49. The molecule has 0 radical (unpaired) electrons. The van der Waals surface area contributed by atoms with E-state index in [-0.39, 0.29) is 5.92 Å². The summed E-state index contributed by atoms with van der Waals surface area (Å²) < 4.78 is 0. The predicted octanol–water partition coefficient (Wildman–Crippen LogP) is 1.88. The van der Waals surface area contributed by atoms with Crippen LogP contribution < -0.4 is 0 Å². The Labute approximate surface area is 78.5 Å². The second-order valence-corrected chi connectivity index (χ2v) is 3.19. The summed E-state index contributed by atoms with van der Waals surface area (Å²) in [5, 5.41) is 8.54. The molecule has 3 nitrogen and oxygen atoms in total. The highest BCUT2D eigenvalue weighted by Crippen LogP contribution is 2.20. The molecule has 0 aliphatic rings. The molecular weight excluding hydrogens is 168 g/mol. The van der Waals surface area contributed by atoms with E-state index in [0.29, 0.717) is 6.42 Å². The number of ketones is 1. The summed E-state index contributed by atoms with van der Waals surface area (Å²) >= 11 is 0. The largest absolute Gasteiger partial charge is 0.475 e. The normalized spacial score (nSPS) is 14.6. The Kier molecular flexibility index (Phi) is 5.04. The third-order valence-electron chi connectivity index (χ3n) is 2.30. The van der Waals surface area contributed by atoms with Gasteiger partial charge in [0.25, 0.3) is 0 Å². The van der Waals surface area contributed by atoms with E-state index >= 15 is 0 Å². The van der Waals surface area contributed by atoms with Crippen LogP contribution in [0.5, 0.6) is 0 Å². The molecule has 0 rings (SSSR count). The molecule has 0 aliphatic carbocycles. The minimum absolute atomic E-state index is 0.0987. The average molecular weight is 184 g/mol. The van der Waals surface area contributed by atoms with E-state index in [2.05, 4.69) is 6.58 Å². The molecule has 2 unspecified atom stereocenters. The summed E-state index contributed by atoms with van der Waals surface area (Å²) in [6, 6.07) is 0. The SMILES string of the molecule is C=CCC(C(=O)C(=O)O)C(C)CC. The molecule has 3 heteroatoms. The zero-order valence-electron chi connectivity index (χ0n) is 8.12. The van der Waals surface area contributed by atoms with Gasteiger partial charge in [0.2, 0.25) is 5.78 Å². The topological polar surface area (TPSA) is 54.4 Å². The zero-order chi connectivity index (χ0) is 10.4. The number of rotatable bonds is 6. The zero-order valence-corrected chi connectivity index (χ0v) is 8.12. The Hall–Kier alpha value is -1.12. The number of hydrogen-bond donors (Lipinski definition) is 1. The van der Waals surface area contributed by atoms with Gasteiger partial charge in [0.05, 0.1) is 0 Å². The second kappa shape index (κ2) is 5.51. The van der Waals surface area contributed by atoms with Crippen LogP contribution in [0.3, 0.4) is 0 Å². The van der Waals surface area contributed by atoms with E-state index in [1.54, 1.807) is 6.08 Å². The first-order valence-corrected chi connectivity index (χ1v) is 4.42. The van der Waals surface area contributed by atoms with Gasteiger partial charge < -0.3 is 5.11 Å². The smallest absolute Gasteiger partial charge is 0.372 e. The van der Waals surface area contributed by atoms with Crippen LogP contribution >= 0.6 is 0 Å². The van der Waals surface area contributed by atoms with Crippen LogP contribution in [0, 0.1) is 11.8 Å². The van der Waals surface area contributed by atoms with E-state index in [1.165, 1.54) is 0 Å². The number of allylic oxidation sites excluding steroid dienone is 1. The van der Waals surface area contributed by atoms with Crippen molar-refractivity contribution in [1.82, 2.24) is 0 Å². The van der Waals surface area contributed by atoms with Crippen LogP contribution in [-0.4, -0.2) is 16.9 Å². The summed E-state index contributed by atoms with van der Waals surface area (Å²) in [6.07, 6.45) is 2.84. The summed E-state index contributed by atoms with van der Waals surface area (Å²) in [4.78, 5) is 21.6. The lowest BCUT2D eigenvalue weighted by molar-refractivity contribution is -0.151. The number of carboxylic acids is 1. The van der Waals surface area contributed by atoms with Crippen molar-refractivity contribution in [2.24, 2.45) is 11.8 Å². The quantitative estimate of drug-likeness (QED) is 0.506. The summed E-state index contributed by atoms with van der Waals surface area (Å²) in [7, 11) is 0. The monoisotopic (exact) mass is 184 g/mol.